The van der Waals surface area contributed by atoms with E-state index in [0.717, 1.165) is 17.0 Å². The standard InChI is InChI=1S/C28H22F9NO3S/c1-14-23(15-9-18(27(32,33)34)12-19(10-15)28(35,36)37)41-25(39)38(14)13-16-11-17(26(29,30)31)7-8-20(16)21-5-4-6-22(42-3)24(21)40-2/h4-12,14,23H,13H2,1-3H3/t14-,23-/m0/s1. The molecule has 1 saturated heterocycles. The number of nitrogens with zero attached hydrogens (tertiary/aromatic N) is 1. The topological polar surface area (TPSA) is 38.8 Å². The van der Waals surface area contributed by atoms with E-state index in [1.54, 1.807) is 24.5 Å². The highest BCUT2D eigenvalue weighted by atomic mass is 32.2. The Morgan fingerprint density at radius 1 is 0.833 bits per heavy atom. The monoisotopic (exact) mass is 623 g/mol. The van der Waals surface area contributed by atoms with Crippen molar-refractivity contribution < 1.29 is 53.8 Å². The van der Waals surface area contributed by atoms with Gasteiger partial charge in [0.25, 0.3) is 0 Å². The summed E-state index contributed by atoms with van der Waals surface area (Å²) in [6, 6.07) is 7.65. The summed E-state index contributed by atoms with van der Waals surface area (Å²) in [5.74, 6) is 0.365. The highest BCUT2D eigenvalue weighted by Crippen LogP contribution is 2.44. The zero-order valence-electron chi connectivity index (χ0n) is 22.0. The van der Waals surface area contributed by atoms with Gasteiger partial charge in [0.15, 0.2) is 0 Å². The quantitative estimate of drug-likeness (QED) is 0.203. The van der Waals surface area contributed by atoms with Crippen LogP contribution < -0.4 is 4.74 Å². The van der Waals surface area contributed by atoms with Crippen LogP contribution in [0.5, 0.6) is 5.75 Å². The Balaban J connectivity index is 1.79. The Hall–Kier alpha value is -3.55. The van der Waals surface area contributed by atoms with E-state index in [2.05, 4.69) is 0 Å². The van der Waals surface area contributed by atoms with Gasteiger partial charge in [0.2, 0.25) is 0 Å². The lowest BCUT2D eigenvalue weighted by Gasteiger charge is -2.24. The minimum absolute atomic E-state index is 0.00542. The van der Waals surface area contributed by atoms with Crippen molar-refractivity contribution in [1.82, 2.24) is 4.90 Å². The van der Waals surface area contributed by atoms with Crippen molar-refractivity contribution in [2.24, 2.45) is 0 Å². The van der Waals surface area contributed by atoms with Crippen LogP contribution in [0.4, 0.5) is 44.3 Å². The SMILES string of the molecule is COc1c(SC)cccc1-c1ccc(C(F)(F)F)cc1CN1C(=O)O[C@H](c2cc(C(F)(F)F)cc(C(F)(F)F)c2)[C@@H]1C. The molecular formula is C28H22F9NO3S. The van der Waals surface area contributed by atoms with Crippen LogP contribution in [-0.4, -0.2) is 30.4 Å². The van der Waals surface area contributed by atoms with E-state index >= 15 is 0 Å². The van der Waals surface area contributed by atoms with Crippen LogP contribution >= 0.6 is 11.8 Å². The number of para-hydroxylation sites is 1. The maximum absolute atomic E-state index is 13.7. The first-order valence-electron chi connectivity index (χ1n) is 12.1. The van der Waals surface area contributed by atoms with Crippen molar-refractivity contribution in [1.29, 1.82) is 0 Å². The molecule has 0 unspecified atom stereocenters. The second-order valence-electron chi connectivity index (χ2n) is 9.42. The molecule has 0 aromatic heterocycles. The summed E-state index contributed by atoms with van der Waals surface area (Å²) in [4.78, 5) is 14.5. The summed E-state index contributed by atoms with van der Waals surface area (Å²) < 4.78 is 132. The van der Waals surface area contributed by atoms with E-state index in [9.17, 15) is 44.3 Å². The molecule has 0 saturated carbocycles. The molecule has 1 aliphatic heterocycles. The number of rotatable bonds is 6. The molecule has 0 radical (unpaired) electrons. The Kier molecular flexibility index (Phi) is 8.42. The van der Waals surface area contributed by atoms with Gasteiger partial charge in [-0.05, 0) is 66.3 Å². The fourth-order valence-electron chi connectivity index (χ4n) is 4.75. The van der Waals surface area contributed by atoms with Crippen molar-refractivity contribution >= 4 is 17.9 Å². The lowest BCUT2D eigenvalue weighted by Crippen LogP contribution is -2.32. The summed E-state index contributed by atoms with van der Waals surface area (Å²) in [5, 5.41) is 0. The maximum atomic E-state index is 13.7. The molecule has 1 amide bonds. The average Bonchev–Trinajstić information content (AvgIpc) is 3.19. The van der Waals surface area contributed by atoms with Gasteiger partial charge < -0.3 is 9.47 Å². The molecule has 4 nitrogen and oxygen atoms in total. The van der Waals surface area contributed by atoms with Crippen molar-refractivity contribution in [3.05, 3.63) is 82.4 Å². The first-order valence-corrected chi connectivity index (χ1v) is 13.4. The van der Waals surface area contributed by atoms with Gasteiger partial charge in [0.05, 0.1) is 36.4 Å². The number of alkyl halides is 9. The highest BCUT2D eigenvalue weighted by molar-refractivity contribution is 7.98. The summed E-state index contributed by atoms with van der Waals surface area (Å²) in [7, 11) is 1.39. The Labute approximate surface area is 238 Å². The van der Waals surface area contributed by atoms with Crippen molar-refractivity contribution in [2.45, 2.75) is 49.0 Å². The molecule has 1 aliphatic rings. The number of benzene rings is 3. The molecule has 4 rings (SSSR count). The molecule has 3 aromatic rings. The zero-order valence-corrected chi connectivity index (χ0v) is 22.9. The van der Waals surface area contributed by atoms with E-state index in [1.165, 1.54) is 31.9 Å². The maximum Gasteiger partial charge on any atom is 0.416 e. The molecule has 2 atom stereocenters. The van der Waals surface area contributed by atoms with Gasteiger partial charge in [-0.2, -0.15) is 39.5 Å². The molecule has 0 spiro atoms. The molecule has 1 fully saturated rings. The Bertz CT molecular complexity index is 1450. The Morgan fingerprint density at radius 3 is 1.95 bits per heavy atom. The van der Waals surface area contributed by atoms with E-state index in [-0.39, 0.29) is 17.2 Å². The molecule has 226 valence electrons. The van der Waals surface area contributed by atoms with Crippen LogP contribution in [0.1, 0.15) is 40.8 Å². The zero-order chi connectivity index (χ0) is 31.2. The van der Waals surface area contributed by atoms with E-state index < -0.39 is 65.6 Å². The minimum atomic E-state index is -5.13. The number of carbonyl (C=O) groups is 1. The minimum Gasteiger partial charge on any atom is -0.495 e. The van der Waals surface area contributed by atoms with Gasteiger partial charge >= 0.3 is 24.6 Å². The highest BCUT2D eigenvalue weighted by Gasteiger charge is 2.43. The summed E-state index contributed by atoms with van der Waals surface area (Å²) >= 11 is 1.33. The summed E-state index contributed by atoms with van der Waals surface area (Å²) in [6.07, 6.45) is -15.9. The van der Waals surface area contributed by atoms with Gasteiger partial charge in [0, 0.05) is 10.5 Å². The number of hydrogen-bond acceptors (Lipinski definition) is 4. The first-order chi connectivity index (χ1) is 19.5. The predicted molar refractivity (Wildman–Crippen MR) is 136 cm³/mol. The second kappa shape index (κ2) is 11.3. The third kappa shape index (κ3) is 6.27. The average molecular weight is 624 g/mol. The van der Waals surface area contributed by atoms with Crippen LogP contribution in [0, 0.1) is 0 Å². The third-order valence-corrected chi connectivity index (χ3v) is 7.56. The van der Waals surface area contributed by atoms with E-state index in [4.69, 9.17) is 9.47 Å². The number of carbonyl (C=O) groups excluding carboxylic acids is 1. The van der Waals surface area contributed by atoms with E-state index in [0.29, 0.717) is 28.3 Å². The molecule has 14 heteroatoms. The fraction of sp³-hybridized carbons (Fsp3) is 0.321. The number of cyclic esters (lactones) is 1. The van der Waals surface area contributed by atoms with E-state index in [1.807, 2.05) is 0 Å². The number of halogens is 9. The number of amides is 1. The van der Waals surface area contributed by atoms with Crippen LogP contribution in [-0.2, 0) is 29.8 Å². The number of thioether (sulfide) groups is 1. The molecule has 1 heterocycles. The molecule has 0 aliphatic carbocycles. The molecule has 0 N–H and O–H groups in total. The molecular weight excluding hydrogens is 601 g/mol. The third-order valence-electron chi connectivity index (χ3n) is 6.80. The van der Waals surface area contributed by atoms with Gasteiger partial charge in [0.1, 0.15) is 11.9 Å². The summed E-state index contributed by atoms with van der Waals surface area (Å²) in [5.41, 5.74) is -4.06. The first kappa shape index (κ1) is 31.4. The largest absolute Gasteiger partial charge is 0.495 e. The fourth-order valence-corrected chi connectivity index (χ4v) is 5.34. The van der Waals surface area contributed by atoms with Crippen molar-refractivity contribution in [3.8, 4) is 16.9 Å². The predicted octanol–water partition coefficient (Wildman–Crippen LogP) is 9.22. The van der Waals surface area contributed by atoms with Crippen LogP contribution in [0.2, 0.25) is 0 Å². The second-order valence-corrected chi connectivity index (χ2v) is 10.3. The van der Waals surface area contributed by atoms with Crippen LogP contribution in [0.15, 0.2) is 59.5 Å². The number of methoxy groups -OCH3 is 1. The van der Waals surface area contributed by atoms with Gasteiger partial charge in [-0.15, -0.1) is 11.8 Å². The number of ether oxygens (including phenoxy) is 2. The van der Waals surface area contributed by atoms with Crippen LogP contribution in [0.3, 0.4) is 0 Å². The van der Waals surface area contributed by atoms with Crippen molar-refractivity contribution in [2.75, 3.05) is 13.4 Å². The van der Waals surface area contributed by atoms with Gasteiger partial charge in [-0.3, -0.25) is 4.90 Å². The lowest BCUT2D eigenvalue weighted by molar-refractivity contribution is -0.143. The van der Waals surface area contributed by atoms with Gasteiger partial charge in [-0.25, -0.2) is 4.79 Å². The molecule has 42 heavy (non-hydrogen) atoms. The molecule has 0 bridgehead atoms. The number of hydrogen-bond donors (Lipinski definition) is 0. The van der Waals surface area contributed by atoms with Gasteiger partial charge in [-0.1, -0.05) is 18.2 Å². The Morgan fingerprint density at radius 2 is 1.43 bits per heavy atom. The normalized spacial score (nSPS) is 17.9. The molecule has 3 aromatic carbocycles. The summed E-state index contributed by atoms with van der Waals surface area (Å²) in [6.45, 7) is 0.832. The van der Waals surface area contributed by atoms with Crippen LogP contribution in [0.25, 0.3) is 11.1 Å². The smallest absolute Gasteiger partial charge is 0.416 e. The lowest BCUT2D eigenvalue weighted by atomic mass is 9.94. The van der Waals surface area contributed by atoms with Crippen molar-refractivity contribution in [3.63, 3.8) is 0 Å².